The number of carbonyl (C=O) groups is 1. The molecule has 0 radical (unpaired) electrons. The summed E-state index contributed by atoms with van der Waals surface area (Å²) in [4.78, 5) is 15.6. The minimum atomic E-state index is -0.364. The predicted octanol–water partition coefficient (Wildman–Crippen LogP) is 1.19. The van der Waals surface area contributed by atoms with Gasteiger partial charge in [0.1, 0.15) is 0 Å². The van der Waals surface area contributed by atoms with E-state index in [9.17, 15) is 4.79 Å². The van der Waals surface area contributed by atoms with Crippen LogP contribution in [0.15, 0.2) is 12.5 Å². The first-order valence-electron chi connectivity index (χ1n) is 5.60. The van der Waals surface area contributed by atoms with Crippen LogP contribution in [-0.2, 0) is 11.3 Å². The third-order valence-electron chi connectivity index (χ3n) is 2.23. The van der Waals surface area contributed by atoms with Gasteiger partial charge in [-0.15, -0.1) is 0 Å². The van der Waals surface area contributed by atoms with Gasteiger partial charge in [0, 0.05) is 19.3 Å². The van der Waals surface area contributed by atoms with Gasteiger partial charge in [0.05, 0.1) is 12.4 Å². The minimum Gasteiger partial charge on any atom is -0.458 e. The van der Waals surface area contributed by atoms with Gasteiger partial charge in [0.15, 0.2) is 5.69 Å². The van der Waals surface area contributed by atoms with Gasteiger partial charge in [0.2, 0.25) is 0 Å². The van der Waals surface area contributed by atoms with Crippen molar-refractivity contribution in [3.8, 4) is 0 Å². The lowest BCUT2D eigenvalue weighted by atomic mass is 10.2. The van der Waals surface area contributed by atoms with Gasteiger partial charge in [-0.1, -0.05) is 13.3 Å². The number of esters is 1. The molecule has 1 unspecified atom stereocenters. The summed E-state index contributed by atoms with van der Waals surface area (Å²) in [7, 11) is 0. The Balaban J connectivity index is 2.52. The minimum absolute atomic E-state index is 0.0582. The number of aromatic nitrogens is 2. The molecule has 5 heteroatoms. The summed E-state index contributed by atoms with van der Waals surface area (Å²) in [5.74, 6) is -0.364. The van der Waals surface area contributed by atoms with Crippen molar-refractivity contribution < 1.29 is 9.53 Å². The lowest BCUT2D eigenvalue weighted by Gasteiger charge is -2.10. The molecular weight excluding hydrogens is 206 g/mol. The summed E-state index contributed by atoms with van der Waals surface area (Å²) >= 11 is 0. The van der Waals surface area contributed by atoms with E-state index in [1.807, 2.05) is 6.92 Å². The predicted molar refractivity (Wildman–Crippen MR) is 61.1 cm³/mol. The molecule has 1 aromatic rings. The van der Waals surface area contributed by atoms with Gasteiger partial charge >= 0.3 is 5.97 Å². The number of hydrogen-bond donors (Lipinski definition) is 1. The largest absolute Gasteiger partial charge is 0.458 e. The van der Waals surface area contributed by atoms with E-state index in [0.29, 0.717) is 18.8 Å². The van der Waals surface area contributed by atoms with Gasteiger partial charge in [0.25, 0.3) is 0 Å². The molecule has 0 aliphatic rings. The highest BCUT2D eigenvalue weighted by atomic mass is 16.5. The zero-order valence-corrected chi connectivity index (χ0v) is 9.85. The number of ether oxygens (including phenoxy) is 1. The molecule has 0 fully saturated rings. The van der Waals surface area contributed by atoms with Crippen molar-refractivity contribution in [2.75, 3.05) is 6.54 Å². The SMILES string of the molecule is CCCC(C)OC(=O)c1cn(CCN)cn1. The molecule has 90 valence electrons. The molecule has 0 aliphatic heterocycles. The Morgan fingerprint density at radius 3 is 3.06 bits per heavy atom. The lowest BCUT2D eigenvalue weighted by Crippen LogP contribution is -2.15. The Kier molecular flexibility index (Phi) is 4.98. The molecule has 0 amide bonds. The summed E-state index contributed by atoms with van der Waals surface area (Å²) in [6, 6.07) is 0. The second-order valence-corrected chi connectivity index (χ2v) is 3.79. The van der Waals surface area contributed by atoms with Gasteiger partial charge in [-0.3, -0.25) is 0 Å². The molecule has 0 saturated carbocycles. The maximum atomic E-state index is 11.6. The van der Waals surface area contributed by atoms with Crippen molar-refractivity contribution in [1.82, 2.24) is 9.55 Å². The number of hydrogen-bond acceptors (Lipinski definition) is 4. The van der Waals surface area contributed by atoms with Crippen LogP contribution in [0.3, 0.4) is 0 Å². The average Bonchev–Trinajstić information content (AvgIpc) is 2.67. The average molecular weight is 225 g/mol. The first-order valence-corrected chi connectivity index (χ1v) is 5.60. The maximum absolute atomic E-state index is 11.6. The number of rotatable bonds is 6. The summed E-state index contributed by atoms with van der Waals surface area (Å²) in [6.45, 7) is 5.13. The molecule has 0 bridgehead atoms. The zero-order chi connectivity index (χ0) is 12.0. The van der Waals surface area contributed by atoms with Crippen LogP contribution in [0, 0.1) is 0 Å². The highest BCUT2D eigenvalue weighted by molar-refractivity contribution is 5.87. The van der Waals surface area contributed by atoms with E-state index in [-0.39, 0.29) is 12.1 Å². The highest BCUT2D eigenvalue weighted by Gasteiger charge is 2.13. The van der Waals surface area contributed by atoms with Gasteiger partial charge < -0.3 is 15.0 Å². The maximum Gasteiger partial charge on any atom is 0.358 e. The first-order chi connectivity index (χ1) is 7.67. The number of carbonyl (C=O) groups excluding carboxylic acids is 1. The molecule has 16 heavy (non-hydrogen) atoms. The van der Waals surface area contributed by atoms with Crippen molar-refractivity contribution >= 4 is 5.97 Å². The van der Waals surface area contributed by atoms with Crippen molar-refractivity contribution in [1.29, 1.82) is 0 Å². The molecule has 0 aromatic carbocycles. The normalized spacial score (nSPS) is 12.4. The van der Waals surface area contributed by atoms with Crippen LogP contribution in [0.25, 0.3) is 0 Å². The molecule has 1 heterocycles. The fraction of sp³-hybridized carbons (Fsp3) is 0.636. The lowest BCUT2D eigenvalue weighted by molar-refractivity contribution is 0.0317. The van der Waals surface area contributed by atoms with Crippen molar-refractivity contribution in [2.24, 2.45) is 5.73 Å². The molecule has 2 N–H and O–H groups in total. The fourth-order valence-corrected chi connectivity index (χ4v) is 1.45. The summed E-state index contributed by atoms with van der Waals surface area (Å²) in [5, 5.41) is 0. The summed E-state index contributed by atoms with van der Waals surface area (Å²) in [5.41, 5.74) is 5.75. The van der Waals surface area contributed by atoms with Gasteiger partial charge in [-0.25, -0.2) is 9.78 Å². The van der Waals surface area contributed by atoms with Crippen LogP contribution >= 0.6 is 0 Å². The Bertz CT molecular complexity index is 336. The van der Waals surface area contributed by atoms with E-state index in [2.05, 4.69) is 11.9 Å². The molecule has 1 aromatic heterocycles. The number of imidazole rings is 1. The molecule has 1 atom stereocenters. The zero-order valence-electron chi connectivity index (χ0n) is 9.85. The Morgan fingerprint density at radius 1 is 1.69 bits per heavy atom. The molecule has 5 nitrogen and oxygen atoms in total. The number of nitrogens with zero attached hydrogens (tertiary/aromatic N) is 2. The third kappa shape index (κ3) is 3.66. The topological polar surface area (TPSA) is 70.1 Å². The van der Waals surface area contributed by atoms with Crippen LogP contribution in [0.5, 0.6) is 0 Å². The summed E-state index contributed by atoms with van der Waals surface area (Å²) < 4.78 is 7.00. The van der Waals surface area contributed by atoms with E-state index >= 15 is 0 Å². The molecule has 0 spiro atoms. The van der Waals surface area contributed by atoms with Crippen molar-refractivity contribution in [3.63, 3.8) is 0 Å². The fourth-order valence-electron chi connectivity index (χ4n) is 1.45. The Hall–Kier alpha value is -1.36. The second kappa shape index (κ2) is 6.27. The molecular formula is C11H19N3O2. The van der Waals surface area contributed by atoms with Gasteiger partial charge in [-0.05, 0) is 13.3 Å². The van der Waals surface area contributed by atoms with Crippen LogP contribution in [0.1, 0.15) is 37.2 Å². The van der Waals surface area contributed by atoms with E-state index < -0.39 is 0 Å². The third-order valence-corrected chi connectivity index (χ3v) is 2.23. The smallest absolute Gasteiger partial charge is 0.358 e. The molecule has 0 aliphatic carbocycles. The second-order valence-electron chi connectivity index (χ2n) is 3.79. The monoisotopic (exact) mass is 225 g/mol. The van der Waals surface area contributed by atoms with E-state index in [1.54, 1.807) is 17.1 Å². The van der Waals surface area contributed by atoms with Crippen LogP contribution < -0.4 is 5.73 Å². The van der Waals surface area contributed by atoms with E-state index in [1.165, 1.54) is 0 Å². The van der Waals surface area contributed by atoms with Crippen LogP contribution in [0.2, 0.25) is 0 Å². The first kappa shape index (κ1) is 12.7. The Labute approximate surface area is 95.6 Å². The molecule has 0 saturated heterocycles. The number of nitrogens with two attached hydrogens (primary N) is 1. The van der Waals surface area contributed by atoms with Gasteiger partial charge in [-0.2, -0.15) is 0 Å². The molecule has 1 rings (SSSR count). The van der Waals surface area contributed by atoms with E-state index in [0.717, 1.165) is 12.8 Å². The quantitative estimate of drug-likeness (QED) is 0.738. The Morgan fingerprint density at radius 2 is 2.44 bits per heavy atom. The van der Waals surface area contributed by atoms with Crippen molar-refractivity contribution in [3.05, 3.63) is 18.2 Å². The standard InChI is InChI=1S/C11H19N3O2/c1-3-4-9(2)16-11(15)10-7-14(6-5-12)8-13-10/h7-9H,3-6,12H2,1-2H3. The van der Waals surface area contributed by atoms with Crippen LogP contribution in [-0.4, -0.2) is 28.2 Å². The highest BCUT2D eigenvalue weighted by Crippen LogP contribution is 2.05. The summed E-state index contributed by atoms with van der Waals surface area (Å²) in [6.07, 6.45) is 5.06. The van der Waals surface area contributed by atoms with Crippen LogP contribution in [0.4, 0.5) is 0 Å². The van der Waals surface area contributed by atoms with Crippen molar-refractivity contribution in [2.45, 2.75) is 39.3 Å². The van der Waals surface area contributed by atoms with E-state index in [4.69, 9.17) is 10.5 Å².